The molecule has 0 radical (unpaired) electrons. The van der Waals surface area contributed by atoms with Gasteiger partial charge in [0, 0.05) is 17.6 Å². The molecule has 0 fully saturated rings. The van der Waals surface area contributed by atoms with Crippen LogP contribution >= 0.6 is 0 Å². The molecule has 0 heterocycles. The molecular formula is C23H16F8O6. The lowest BCUT2D eigenvalue weighted by atomic mass is 10.2. The van der Waals surface area contributed by atoms with Gasteiger partial charge in [-0.1, -0.05) is 13.2 Å². The van der Waals surface area contributed by atoms with Gasteiger partial charge in [0.05, 0.1) is 13.2 Å². The molecule has 0 unspecified atom stereocenters. The fourth-order valence-electron chi connectivity index (χ4n) is 2.38. The minimum Gasteiger partial charge on any atom is -0.487 e. The number of halogens is 8. The Balaban J connectivity index is 2.11. The molecule has 200 valence electrons. The van der Waals surface area contributed by atoms with Crippen LogP contribution < -0.4 is 18.9 Å². The van der Waals surface area contributed by atoms with Crippen molar-refractivity contribution in [1.29, 1.82) is 0 Å². The van der Waals surface area contributed by atoms with Crippen LogP contribution in [-0.2, 0) is 9.59 Å². The molecule has 2 aromatic rings. The molecule has 0 bridgehead atoms. The molecular weight excluding hydrogens is 524 g/mol. The van der Waals surface area contributed by atoms with Crippen LogP contribution in [0.1, 0.15) is 20.3 Å². The first-order valence-corrected chi connectivity index (χ1v) is 9.93. The second-order valence-corrected chi connectivity index (χ2v) is 7.22. The van der Waals surface area contributed by atoms with Crippen LogP contribution in [0.5, 0.6) is 23.0 Å². The zero-order chi connectivity index (χ0) is 28.2. The van der Waals surface area contributed by atoms with Crippen LogP contribution in [0, 0.1) is 46.5 Å². The maximum absolute atomic E-state index is 14.1. The number of benzene rings is 2. The number of ether oxygens (including phenoxy) is 4. The van der Waals surface area contributed by atoms with Crippen LogP contribution in [0.15, 0.2) is 24.3 Å². The molecule has 0 saturated heterocycles. The van der Waals surface area contributed by atoms with Gasteiger partial charge < -0.3 is 18.9 Å². The quantitative estimate of drug-likeness (QED) is 0.0975. The predicted octanol–water partition coefficient (Wildman–Crippen LogP) is 5.61. The smallest absolute Gasteiger partial charge is 0.338 e. The summed E-state index contributed by atoms with van der Waals surface area (Å²) in [7, 11) is 0. The van der Waals surface area contributed by atoms with Gasteiger partial charge in [0.25, 0.3) is 0 Å². The molecule has 6 nitrogen and oxygen atoms in total. The Kier molecular flexibility index (Phi) is 9.26. The monoisotopic (exact) mass is 540 g/mol. The van der Waals surface area contributed by atoms with Gasteiger partial charge in [-0.05, 0) is 13.8 Å². The van der Waals surface area contributed by atoms with E-state index < -0.39 is 101 Å². The normalized spacial score (nSPS) is 10.6. The van der Waals surface area contributed by atoms with E-state index in [-0.39, 0.29) is 11.1 Å². The fraction of sp³-hybridized carbons (Fsp3) is 0.217. The van der Waals surface area contributed by atoms with Crippen molar-refractivity contribution in [3.63, 3.8) is 0 Å². The largest absolute Gasteiger partial charge is 0.487 e. The summed E-state index contributed by atoms with van der Waals surface area (Å²) in [5.74, 6) is -25.8. The minimum absolute atomic E-state index is 0.324. The first kappa shape index (κ1) is 29.1. The van der Waals surface area contributed by atoms with Crippen molar-refractivity contribution in [1.82, 2.24) is 0 Å². The molecule has 0 aliphatic carbocycles. The maximum atomic E-state index is 14.1. The molecule has 0 aliphatic rings. The van der Waals surface area contributed by atoms with E-state index in [1.165, 1.54) is 0 Å². The second kappa shape index (κ2) is 11.8. The van der Waals surface area contributed by atoms with Gasteiger partial charge in [-0.25, -0.2) is 9.59 Å². The molecule has 0 saturated carbocycles. The molecule has 2 aromatic carbocycles. The lowest BCUT2D eigenvalue weighted by Gasteiger charge is -2.14. The number of hydrogen-bond donors (Lipinski definition) is 0. The van der Waals surface area contributed by atoms with Crippen molar-refractivity contribution in [3.05, 3.63) is 70.8 Å². The summed E-state index contributed by atoms with van der Waals surface area (Å²) in [6.07, 6.45) is -0.483. The number of carbonyl (C=O) groups is 2. The van der Waals surface area contributed by atoms with Crippen molar-refractivity contribution < 1.29 is 63.7 Å². The van der Waals surface area contributed by atoms with E-state index in [4.69, 9.17) is 0 Å². The number of carbonyl (C=O) groups excluding carboxylic acids is 2. The molecule has 0 N–H and O–H groups in total. The summed E-state index contributed by atoms with van der Waals surface area (Å²) in [6.45, 7) is 6.94. The standard InChI is InChI=1S/C23H16F8O6/c1-8(2)22(32)36-20-14(28)10(24)18(11(25)15(20)29)34-6-5-7-35-19-12(26)16(30)21(17(31)13(19)27)37-23(33)9(3)4/h1,3,5-7H2,2,4H3. The molecule has 0 aliphatic heterocycles. The van der Waals surface area contributed by atoms with Crippen LogP contribution in [0.3, 0.4) is 0 Å². The Hall–Kier alpha value is -4.10. The van der Waals surface area contributed by atoms with Gasteiger partial charge in [0.1, 0.15) is 0 Å². The van der Waals surface area contributed by atoms with Crippen LogP contribution in [0.4, 0.5) is 35.1 Å². The van der Waals surface area contributed by atoms with Gasteiger partial charge in [0.2, 0.25) is 58.0 Å². The lowest BCUT2D eigenvalue weighted by molar-refractivity contribution is -0.131. The highest BCUT2D eigenvalue weighted by Crippen LogP contribution is 2.36. The van der Waals surface area contributed by atoms with Gasteiger partial charge >= 0.3 is 11.9 Å². The minimum atomic E-state index is -2.10. The topological polar surface area (TPSA) is 71.1 Å². The summed E-state index contributed by atoms with van der Waals surface area (Å²) in [4.78, 5) is 22.8. The summed E-state index contributed by atoms with van der Waals surface area (Å²) < 4.78 is 130. The number of esters is 2. The average Bonchev–Trinajstić information content (AvgIpc) is 2.84. The first-order valence-electron chi connectivity index (χ1n) is 9.93. The van der Waals surface area contributed by atoms with Gasteiger partial charge in [-0.15, -0.1) is 0 Å². The van der Waals surface area contributed by atoms with E-state index in [9.17, 15) is 44.7 Å². The Morgan fingerprint density at radius 1 is 0.541 bits per heavy atom. The second-order valence-electron chi connectivity index (χ2n) is 7.22. The van der Waals surface area contributed by atoms with Crippen molar-refractivity contribution in [3.8, 4) is 23.0 Å². The third-order valence-electron chi connectivity index (χ3n) is 4.23. The average molecular weight is 540 g/mol. The lowest BCUT2D eigenvalue weighted by Crippen LogP contribution is -2.15. The third-order valence-corrected chi connectivity index (χ3v) is 4.23. The third kappa shape index (κ3) is 6.19. The van der Waals surface area contributed by atoms with Crippen LogP contribution in [-0.4, -0.2) is 25.2 Å². The molecule has 37 heavy (non-hydrogen) atoms. The van der Waals surface area contributed by atoms with E-state index in [1.807, 2.05) is 0 Å². The van der Waals surface area contributed by atoms with Gasteiger partial charge in [-0.3, -0.25) is 0 Å². The Labute approximate surface area is 203 Å². The molecule has 14 heteroatoms. The summed E-state index contributed by atoms with van der Waals surface area (Å²) in [6, 6.07) is 0. The van der Waals surface area contributed by atoms with E-state index >= 15 is 0 Å². The summed E-state index contributed by atoms with van der Waals surface area (Å²) >= 11 is 0. The zero-order valence-corrected chi connectivity index (χ0v) is 19.0. The molecule has 2 rings (SSSR count). The highest BCUT2D eigenvalue weighted by atomic mass is 19.2. The van der Waals surface area contributed by atoms with Crippen molar-refractivity contribution in [2.45, 2.75) is 20.3 Å². The maximum Gasteiger partial charge on any atom is 0.338 e. The highest BCUT2D eigenvalue weighted by Gasteiger charge is 2.31. The molecule has 0 spiro atoms. The Bertz CT molecular complexity index is 1140. The van der Waals surface area contributed by atoms with Crippen molar-refractivity contribution >= 4 is 11.9 Å². The number of hydrogen-bond acceptors (Lipinski definition) is 6. The highest BCUT2D eigenvalue weighted by molar-refractivity contribution is 5.89. The summed E-state index contributed by atoms with van der Waals surface area (Å²) in [5.41, 5.74) is -0.648. The Morgan fingerprint density at radius 3 is 1.03 bits per heavy atom. The Morgan fingerprint density at radius 2 is 0.784 bits per heavy atom. The molecule has 0 amide bonds. The number of rotatable bonds is 10. The van der Waals surface area contributed by atoms with Crippen LogP contribution in [0.25, 0.3) is 0 Å². The van der Waals surface area contributed by atoms with E-state index in [2.05, 4.69) is 32.1 Å². The SMILES string of the molecule is C=C(C)C(=O)Oc1c(F)c(F)c(OCCCOc2c(F)c(F)c(OC(=O)C(=C)C)c(F)c2F)c(F)c1F. The van der Waals surface area contributed by atoms with E-state index in [0.717, 1.165) is 13.8 Å². The summed E-state index contributed by atoms with van der Waals surface area (Å²) in [5, 5.41) is 0. The van der Waals surface area contributed by atoms with E-state index in [1.54, 1.807) is 0 Å². The fourth-order valence-corrected chi connectivity index (χ4v) is 2.38. The predicted molar refractivity (Wildman–Crippen MR) is 109 cm³/mol. The molecule has 0 atom stereocenters. The van der Waals surface area contributed by atoms with Gasteiger partial charge in [0.15, 0.2) is 11.5 Å². The van der Waals surface area contributed by atoms with Crippen molar-refractivity contribution in [2.24, 2.45) is 0 Å². The van der Waals surface area contributed by atoms with E-state index in [0.29, 0.717) is 0 Å². The zero-order valence-electron chi connectivity index (χ0n) is 19.0. The van der Waals surface area contributed by atoms with Gasteiger partial charge in [-0.2, -0.15) is 35.1 Å². The van der Waals surface area contributed by atoms with Crippen molar-refractivity contribution in [2.75, 3.05) is 13.2 Å². The molecule has 0 aromatic heterocycles. The first-order chi connectivity index (χ1) is 17.2. The van der Waals surface area contributed by atoms with Crippen LogP contribution in [0.2, 0.25) is 0 Å².